The van der Waals surface area contributed by atoms with Gasteiger partial charge in [-0.3, -0.25) is 0 Å². The third kappa shape index (κ3) is 2.25. The topological polar surface area (TPSA) is 108 Å². The van der Waals surface area contributed by atoms with Crippen LogP contribution in [0.2, 0.25) is 0 Å². The number of ether oxygens (including phenoxy) is 1. The van der Waals surface area contributed by atoms with Gasteiger partial charge in [-0.25, -0.2) is 13.4 Å². The Morgan fingerprint density at radius 2 is 2.19 bits per heavy atom. The molecule has 1 aromatic rings. The van der Waals surface area contributed by atoms with Gasteiger partial charge in [0.05, 0.1) is 23.2 Å². The van der Waals surface area contributed by atoms with E-state index >= 15 is 0 Å². The third-order valence-corrected chi connectivity index (χ3v) is 4.13. The van der Waals surface area contributed by atoms with E-state index < -0.39 is 22.0 Å². The van der Waals surface area contributed by atoms with Crippen molar-refractivity contribution in [2.24, 2.45) is 5.73 Å². The largest absolute Gasteiger partial charge is 0.470 e. The van der Waals surface area contributed by atoms with Gasteiger partial charge in [0.25, 0.3) is 0 Å². The van der Waals surface area contributed by atoms with E-state index in [1.165, 1.54) is 6.20 Å². The number of nitrogens with zero attached hydrogens (tertiary/aromatic N) is 1. The first kappa shape index (κ1) is 11.2. The van der Waals surface area contributed by atoms with E-state index in [4.69, 9.17) is 16.2 Å². The number of anilines is 1. The van der Waals surface area contributed by atoms with Crippen LogP contribution in [-0.2, 0) is 9.84 Å². The first-order valence-corrected chi connectivity index (χ1v) is 6.63. The SMILES string of the molecule is Nc1cccnc1OC1CS(=O)(=O)CC1N. The summed E-state index contributed by atoms with van der Waals surface area (Å²) in [6.07, 6.45) is 0.961. The van der Waals surface area contributed by atoms with E-state index in [1.807, 2.05) is 0 Å². The smallest absolute Gasteiger partial charge is 0.237 e. The Balaban J connectivity index is 2.15. The molecule has 0 amide bonds. The highest BCUT2D eigenvalue weighted by Gasteiger charge is 2.37. The molecule has 0 aromatic carbocycles. The zero-order chi connectivity index (χ0) is 11.8. The van der Waals surface area contributed by atoms with E-state index in [9.17, 15) is 8.42 Å². The van der Waals surface area contributed by atoms with E-state index in [0.29, 0.717) is 5.69 Å². The quantitative estimate of drug-likeness (QED) is 0.701. The molecule has 88 valence electrons. The van der Waals surface area contributed by atoms with Gasteiger partial charge in [0.15, 0.2) is 9.84 Å². The number of sulfone groups is 1. The van der Waals surface area contributed by atoms with Crippen molar-refractivity contribution in [1.29, 1.82) is 0 Å². The summed E-state index contributed by atoms with van der Waals surface area (Å²) in [4.78, 5) is 3.93. The van der Waals surface area contributed by atoms with Crippen LogP contribution in [-0.4, -0.2) is 37.1 Å². The molecule has 2 atom stereocenters. The molecule has 0 radical (unpaired) electrons. The summed E-state index contributed by atoms with van der Waals surface area (Å²) in [5.41, 5.74) is 11.7. The fraction of sp³-hybridized carbons (Fsp3) is 0.444. The Kier molecular flexibility index (Phi) is 2.73. The molecule has 7 heteroatoms. The van der Waals surface area contributed by atoms with E-state index in [2.05, 4.69) is 4.98 Å². The van der Waals surface area contributed by atoms with Crippen LogP contribution in [0.25, 0.3) is 0 Å². The lowest BCUT2D eigenvalue weighted by molar-refractivity contribution is 0.202. The maximum atomic E-state index is 11.3. The second-order valence-electron chi connectivity index (χ2n) is 3.79. The number of hydrogen-bond donors (Lipinski definition) is 2. The van der Waals surface area contributed by atoms with Gasteiger partial charge in [0.1, 0.15) is 6.10 Å². The number of rotatable bonds is 2. The van der Waals surface area contributed by atoms with Gasteiger partial charge >= 0.3 is 0 Å². The highest BCUT2D eigenvalue weighted by molar-refractivity contribution is 7.91. The van der Waals surface area contributed by atoms with Crippen LogP contribution in [0.4, 0.5) is 5.69 Å². The van der Waals surface area contributed by atoms with E-state index in [-0.39, 0.29) is 17.4 Å². The molecule has 1 aromatic heterocycles. The summed E-state index contributed by atoms with van der Waals surface area (Å²) in [6.45, 7) is 0. The van der Waals surface area contributed by atoms with Crippen molar-refractivity contribution >= 4 is 15.5 Å². The minimum Gasteiger partial charge on any atom is -0.470 e. The lowest BCUT2D eigenvalue weighted by Crippen LogP contribution is -2.37. The number of nitrogens with two attached hydrogens (primary N) is 2. The zero-order valence-electron chi connectivity index (χ0n) is 8.54. The Bertz CT molecular complexity index is 489. The van der Waals surface area contributed by atoms with Crippen molar-refractivity contribution in [3.8, 4) is 5.88 Å². The minimum absolute atomic E-state index is 0.0512. The predicted octanol–water partition coefficient (Wildman–Crippen LogP) is -0.833. The van der Waals surface area contributed by atoms with Crippen molar-refractivity contribution in [2.45, 2.75) is 12.1 Å². The Labute approximate surface area is 93.5 Å². The normalized spacial score (nSPS) is 27.8. The summed E-state index contributed by atoms with van der Waals surface area (Å²) in [6, 6.07) is 2.79. The van der Waals surface area contributed by atoms with Crippen molar-refractivity contribution < 1.29 is 13.2 Å². The number of hydrogen-bond acceptors (Lipinski definition) is 6. The van der Waals surface area contributed by atoms with Crippen molar-refractivity contribution in [1.82, 2.24) is 4.98 Å². The van der Waals surface area contributed by atoms with Gasteiger partial charge in [0, 0.05) is 6.20 Å². The number of aromatic nitrogens is 1. The van der Waals surface area contributed by atoms with Gasteiger partial charge in [-0.15, -0.1) is 0 Å². The van der Waals surface area contributed by atoms with Crippen LogP contribution >= 0.6 is 0 Å². The summed E-state index contributed by atoms with van der Waals surface area (Å²) < 4.78 is 28.0. The molecule has 1 fully saturated rings. The molecule has 2 rings (SSSR count). The minimum atomic E-state index is -3.10. The van der Waals surface area contributed by atoms with Crippen LogP contribution in [0.5, 0.6) is 5.88 Å². The first-order chi connectivity index (χ1) is 7.48. The van der Waals surface area contributed by atoms with Crippen molar-refractivity contribution in [3.63, 3.8) is 0 Å². The molecule has 0 aliphatic carbocycles. The molecule has 0 spiro atoms. The van der Waals surface area contributed by atoms with Gasteiger partial charge in [0.2, 0.25) is 5.88 Å². The standard InChI is InChI=1S/C9H13N3O3S/c10-6-2-1-3-12-9(6)15-8-5-16(13,14)4-7(8)11/h1-3,7-8H,4-5,10-11H2. The molecule has 1 saturated heterocycles. The molecule has 0 saturated carbocycles. The summed E-state index contributed by atoms with van der Waals surface area (Å²) in [5, 5.41) is 0. The molecule has 6 nitrogen and oxygen atoms in total. The fourth-order valence-corrected chi connectivity index (χ4v) is 3.36. The van der Waals surface area contributed by atoms with Gasteiger partial charge < -0.3 is 16.2 Å². The molecular weight excluding hydrogens is 230 g/mol. The Hall–Kier alpha value is -1.34. The first-order valence-electron chi connectivity index (χ1n) is 4.81. The monoisotopic (exact) mass is 243 g/mol. The lowest BCUT2D eigenvalue weighted by Gasteiger charge is -2.16. The molecular formula is C9H13N3O3S. The van der Waals surface area contributed by atoms with Crippen molar-refractivity contribution in [3.05, 3.63) is 18.3 Å². The van der Waals surface area contributed by atoms with Crippen LogP contribution in [0.1, 0.15) is 0 Å². The highest BCUT2D eigenvalue weighted by Crippen LogP contribution is 2.22. The number of nitrogen functional groups attached to an aromatic ring is 1. The molecule has 0 bridgehead atoms. The summed E-state index contributed by atoms with van der Waals surface area (Å²) >= 11 is 0. The maximum Gasteiger partial charge on any atom is 0.237 e. The second kappa shape index (κ2) is 3.91. The zero-order valence-corrected chi connectivity index (χ0v) is 9.35. The predicted molar refractivity (Wildman–Crippen MR) is 59.7 cm³/mol. The summed E-state index contributed by atoms with van der Waals surface area (Å²) in [7, 11) is -3.10. The molecule has 16 heavy (non-hydrogen) atoms. The molecule has 2 heterocycles. The second-order valence-corrected chi connectivity index (χ2v) is 5.95. The van der Waals surface area contributed by atoms with Crippen LogP contribution in [0, 0.1) is 0 Å². The van der Waals surface area contributed by atoms with Crippen molar-refractivity contribution in [2.75, 3.05) is 17.2 Å². The van der Waals surface area contributed by atoms with Crippen LogP contribution < -0.4 is 16.2 Å². The average molecular weight is 243 g/mol. The Morgan fingerprint density at radius 1 is 1.44 bits per heavy atom. The van der Waals surface area contributed by atoms with Gasteiger partial charge in [-0.1, -0.05) is 0 Å². The van der Waals surface area contributed by atoms with Crippen LogP contribution in [0.15, 0.2) is 18.3 Å². The Morgan fingerprint density at radius 3 is 2.75 bits per heavy atom. The summed E-state index contributed by atoms with van der Waals surface area (Å²) in [5.74, 6) is 0.106. The fourth-order valence-electron chi connectivity index (χ4n) is 1.61. The van der Waals surface area contributed by atoms with E-state index in [0.717, 1.165) is 0 Å². The molecule has 1 aliphatic rings. The maximum absolute atomic E-state index is 11.3. The van der Waals surface area contributed by atoms with Gasteiger partial charge in [-0.05, 0) is 12.1 Å². The number of pyridine rings is 1. The molecule has 4 N–H and O–H groups in total. The van der Waals surface area contributed by atoms with Gasteiger partial charge in [-0.2, -0.15) is 0 Å². The lowest BCUT2D eigenvalue weighted by atomic mass is 10.2. The van der Waals surface area contributed by atoms with Crippen LogP contribution in [0.3, 0.4) is 0 Å². The molecule has 1 aliphatic heterocycles. The van der Waals surface area contributed by atoms with E-state index in [1.54, 1.807) is 12.1 Å². The molecule has 2 unspecified atom stereocenters. The average Bonchev–Trinajstić information content (AvgIpc) is 2.44. The highest BCUT2D eigenvalue weighted by atomic mass is 32.2. The third-order valence-electron chi connectivity index (χ3n) is 2.41.